The first kappa shape index (κ1) is 14.8. The summed E-state index contributed by atoms with van der Waals surface area (Å²) in [6.07, 6.45) is 4.88. The first-order valence-electron chi connectivity index (χ1n) is 7.14. The van der Waals surface area contributed by atoms with E-state index in [9.17, 15) is 0 Å². The molecule has 4 nitrogen and oxygen atoms in total. The van der Waals surface area contributed by atoms with E-state index in [-0.39, 0.29) is 6.61 Å². The second-order valence-corrected chi connectivity index (χ2v) is 5.24. The molecule has 0 aliphatic heterocycles. The van der Waals surface area contributed by atoms with Gasteiger partial charge in [-0.3, -0.25) is 4.98 Å². The molecule has 0 atom stereocenters. The van der Waals surface area contributed by atoms with E-state index >= 15 is 0 Å². The average Bonchev–Trinajstić information content (AvgIpc) is 2.47. The highest BCUT2D eigenvalue weighted by atomic mass is 16.2. The Bertz CT molecular complexity index is 556. The van der Waals surface area contributed by atoms with Crippen LogP contribution in [0.1, 0.15) is 24.8 Å². The molecule has 0 spiro atoms. The van der Waals surface area contributed by atoms with Gasteiger partial charge in [-0.25, -0.2) is 0 Å². The Morgan fingerprint density at radius 2 is 2.05 bits per heavy atom. The maximum absolute atomic E-state index is 8.78. The first-order valence-corrected chi connectivity index (χ1v) is 7.14. The van der Waals surface area contributed by atoms with E-state index in [2.05, 4.69) is 23.0 Å². The standard InChI is InChI=1S/C16H23N3O/c1-19(10-3-2-4-11-20)12-13-7-8-15(17)14-6-5-9-18-16(13)14/h5-9,20H,2-4,10-12,17H2,1H3. The summed E-state index contributed by atoms with van der Waals surface area (Å²) in [5.41, 5.74) is 8.98. The average molecular weight is 273 g/mol. The number of aromatic nitrogens is 1. The van der Waals surface area contributed by atoms with Crippen LogP contribution in [0.4, 0.5) is 5.69 Å². The Kier molecular flexibility index (Phi) is 5.32. The van der Waals surface area contributed by atoms with Gasteiger partial charge in [0.25, 0.3) is 0 Å². The van der Waals surface area contributed by atoms with Crippen LogP contribution in [0.3, 0.4) is 0 Å². The summed E-state index contributed by atoms with van der Waals surface area (Å²) in [6.45, 7) is 2.18. The van der Waals surface area contributed by atoms with Crippen LogP contribution < -0.4 is 5.73 Å². The minimum atomic E-state index is 0.288. The molecule has 0 fully saturated rings. The Morgan fingerprint density at radius 1 is 1.20 bits per heavy atom. The summed E-state index contributed by atoms with van der Waals surface area (Å²) >= 11 is 0. The maximum atomic E-state index is 8.78. The fourth-order valence-electron chi connectivity index (χ4n) is 2.42. The third kappa shape index (κ3) is 3.68. The van der Waals surface area contributed by atoms with E-state index in [1.165, 1.54) is 5.56 Å². The van der Waals surface area contributed by atoms with Gasteiger partial charge in [0, 0.05) is 30.4 Å². The number of nitrogen functional groups attached to an aromatic ring is 1. The number of unbranched alkanes of at least 4 members (excludes halogenated alkanes) is 2. The van der Waals surface area contributed by atoms with Gasteiger partial charge < -0.3 is 15.7 Å². The van der Waals surface area contributed by atoms with Crippen LogP contribution in [0, 0.1) is 0 Å². The van der Waals surface area contributed by atoms with Gasteiger partial charge >= 0.3 is 0 Å². The summed E-state index contributed by atoms with van der Waals surface area (Å²) in [5, 5.41) is 9.80. The number of pyridine rings is 1. The van der Waals surface area contributed by atoms with Crippen molar-refractivity contribution in [2.75, 3.05) is 25.9 Å². The molecule has 20 heavy (non-hydrogen) atoms. The van der Waals surface area contributed by atoms with Crippen molar-refractivity contribution in [3.05, 3.63) is 36.0 Å². The van der Waals surface area contributed by atoms with Crippen LogP contribution in [0.15, 0.2) is 30.5 Å². The Morgan fingerprint density at radius 3 is 2.85 bits per heavy atom. The summed E-state index contributed by atoms with van der Waals surface area (Å²) in [6, 6.07) is 7.96. The molecular formula is C16H23N3O. The van der Waals surface area contributed by atoms with Crippen molar-refractivity contribution < 1.29 is 5.11 Å². The van der Waals surface area contributed by atoms with Gasteiger partial charge in [0.2, 0.25) is 0 Å². The van der Waals surface area contributed by atoms with E-state index in [1.54, 1.807) is 0 Å². The molecule has 4 heteroatoms. The molecule has 1 aromatic heterocycles. The zero-order valence-corrected chi connectivity index (χ0v) is 12.0. The Balaban J connectivity index is 2.04. The third-order valence-electron chi connectivity index (χ3n) is 3.53. The summed E-state index contributed by atoms with van der Waals surface area (Å²) in [5.74, 6) is 0. The van der Waals surface area contributed by atoms with Gasteiger partial charge in [-0.15, -0.1) is 0 Å². The summed E-state index contributed by atoms with van der Waals surface area (Å²) in [4.78, 5) is 6.75. The van der Waals surface area contributed by atoms with Gasteiger partial charge in [0.15, 0.2) is 0 Å². The minimum Gasteiger partial charge on any atom is -0.398 e. The van der Waals surface area contributed by atoms with Gasteiger partial charge in [-0.2, -0.15) is 0 Å². The quantitative estimate of drug-likeness (QED) is 0.601. The van der Waals surface area contributed by atoms with Gasteiger partial charge in [0.1, 0.15) is 0 Å². The van der Waals surface area contributed by atoms with Gasteiger partial charge in [-0.05, 0) is 56.6 Å². The van der Waals surface area contributed by atoms with Crippen LogP contribution in [0.25, 0.3) is 10.9 Å². The number of fused-ring (bicyclic) bond motifs is 1. The SMILES string of the molecule is CN(CCCCCO)Cc1ccc(N)c2cccnc12. The predicted molar refractivity (Wildman–Crippen MR) is 83.4 cm³/mol. The highest BCUT2D eigenvalue weighted by molar-refractivity contribution is 5.92. The van der Waals surface area contributed by atoms with E-state index in [1.807, 2.05) is 24.4 Å². The third-order valence-corrected chi connectivity index (χ3v) is 3.53. The van der Waals surface area contributed by atoms with Crippen molar-refractivity contribution in [3.63, 3.8) is 0 Å². The highest BCUT2D eigenvalue weighted by Gasteiger charge is 2.07. The second-order valence-electron chi connectivity index (χ2n) is 5.24. The van der Waals surface area contributed by atoms with Crippen molar-refractivity contribution >= 4 is 16.6 Å². The smallest absolute Gasteiger partial charge is 0.0767 e. The lowest BCUT2D eigenvalue weighted by Gasteiger charge is -2.17. The molecule has 0 amide bonds. The van der Waals surface area contributed by atoms with Gasteiger partial charge in [-0.1, -0.05) is 6.07 Å². The maximum Gasteiger partial charge on any atom is 0.0767 e. The molecule has 1 heterocycles. The zero-order valence-electron chi connectivity index (χ0n) is 12.0. The molecule has 0 aliphatic carbocycles. The normalized spacial score (nSPS) is 11.3. The number of nitrogens with two attached hydrogens (primary N) is 1. The van der Waals surface area contributed by atoms with E-state index in [4.69, 9.17) is 10.8 Å². The number of anilines is 1. The molecular weight excluding hydrogens is 250 g/mol. The Hall–Kier alpha value is -1.65. The van der Waals surface area contributed by atoms with E-state index in [0.717, 1.165) is 48.9 Å². The highest BCUT2D eigenvalue weighted by Crippen LogP contribution is 2.23. The number of aliphatic hydroxyl groups is 1. The van der Waals surface area contributed by atoms with E-state index < -0.39 is 0 Å². The fourth-order valence-corrected chi connectivity index (χ4v) is 2.42. The summed E-state index contributed by atoms with van der Waals surface area (Å²) in [7, 11) is 2.12. The number of hydrogen-bond donors (Lipinski definition) is 2. The predicted octanol–water partition coefficient (Wildman–Crippen LogP) is 2.41. The van der Waals surface area contributed by atoms with Gasteiger partial charge in [0.05, 0.1) is 5.52 Å². The first-order chi connectivity index (χ1) is 9.72. The molecule has 108 valence electrons. The Labute approximate surface area is 120 Å². The molecule has 0 bridgehead atoms. The van der Waals surface area contributed by atoms with Crippen molar-refractivity contribution in [1.82, 2.24) is 9.88 Å². The van der Waals surface area contributed by atoms with Crippen LogP contribution in [-0.2, 0) is 6.54 Å². The summed E-state index contributed by atoms with van der Waals surface area (Å²) < 4.78 is 0. The fraction of sp³-hybridized carbons (Fsp3) is 0.438. The molecule has 2 aromatic rings. The van der Waals surface area contributed by atoms with Crippen molar-refractivity contribution in [3.8, 4) is 0 Å². The molecule has 0 saturated carbocycles. The van der Waals surface area contributed by atoms with Crippen LogP contribution in [0.5, 0.6) is 0 Å². The topological polar surface area (TPSA) is 62.4 Å². The molecule has 1 aromatic carbocycles. The lowest BCUT2D eigenvalue weighted by atomic mass is 10.1. The van der Waals surface area contributed by atoms with Crippen molar-refractivity contribution in [1.29, 1.82) is 0 Å². The lowest BCUT2D eigenvalue weighted by Crippen LogP contribution is -2.19. The monoisotopic (exact) mass is 273 g/mol. The molecule has 0 unspecified atom stereocenters. The lowest BCUT2D eigenvalue weighted by molar-refractivity contribution is 0.271. The molecule has 3 N–H and O–H groups in total. The molecule has 2 rings (SSSR count). The van der Waals surface area contributed by atoms with Crippen LogP contribution >= 0.6 is 0 Å². The second kappa shape index (κ2) is 7.22. The van der Waals surface area contributed by atoms with Crippen LogP contribution in [0.2, 0.25) is 0 Å². The van der Waals surface area contributed by atoms with Crippen LogP contribution in [-0.4, -0.2) is 35.2 Å². The molecule has 0 radical (unpaired) electrons. The molecule has 0 aliphatic rings. The number of benzene rings is 1. The number of hydrogen-bond acceptors (Lipinski definition) is 4. The molecule has 0 saturated heterocycles. The van der Waals surface area contributed by atoms with Crippen molar-refractivity contribution in [2.24, 2.45) is 0 Å². The van der Waals surface area contributed by atoms with Crippen molar-refractivity contribution in [2.45, 2.75) is 25.8 Å². The number of aliphatic hydroxyl groups excluding tert-OH is 1. The van der Waals surface area contributed by atoms with E-state index in [0.29, 0.717) is 0 Å². The zero-order chi connectivity index (χ0) is 14.4. The largest absolute Gasteiger partial charge is 0.398 e. The minimum absolute atomic E-state index is 0.288. The number of nitrogens with zero attached hydrogens (tertiary/aromatic N) is 2. The number of rotatable bonds is 7.